The summed E-state index contributed by atoms with van der Waals surface area (Å²) in [6.07, 6.45) is 0. The number of rotatable bonds is 0. The minimum absolute atomic E-state index is 0.282. The lowest BCUT2D eigenvalue weighted by molar-refractivity contribution is 0.565. The molecular formula is C6H11S2. The summed E-state index contributed by atoms with van der Waals surface area (Å²) in [7, 11) is 3.86. The molecule has 0 spiro atoms. The van der Waals surface area contributed by atoms with Crippen LogP contribution in [0.1, 0.15) is 13.8 Å². The van der Waals surface area contributed by atoms with Gasteiger partial charge in [-0.1, -0.05) is 28.5 Å². The molecule has 0 aliphatic carbocycles. The Morgan fingerprint density at radius 3 is 2.50 bits per heavy atom. The molecule has 0 N–H and O–H groups in total. The monoisotopic (exact) mass is 147 g/mol. The van der Waals surface area contributed by atoms with E-state index in [1.54, 1.807) is 0 Å². The van der Waals surface area contributed by atoms with Crippen LogP contribution in [0.25, 0.3) is 0 Å². The molecule has 0 aromatic carbocycles. The molecule has 0 aromatic heterocycles. The van der Waals surface area contributed by atoms with Gasteiger partial charge in [0.15, 0.2) is 0 Å². The van der Waals surface area contributed by atoms with Crippen LogP contribution in [0.15, 0.2) is 0 Å². The van der Waals surface area contributed by atoms with Crippen molar-refractivity contribution in [3.8, 4) is 0 Å². The first-order chi connectivity index (χ1) is 3.63. The number of hydrogen-bond acceptors (Lipinski definition) is 2. The second-order valence-corrected chi connectivity index (χ2v) is 5.46. The maximum Gasteiger partial charge on any atom is 0.0269 e. The van der Waals surface area contributed by atoms with Crippen molar-refractivity contribution in [2.24, 2.45) is 5.92 Å². The standard InChI is InChI=1S/C6H11S2/c1-5-4-7-8-6(5,2)3/h5H,2,4H2,1,3H3. The van der Waals surface area contributed by atoms with Crippen molar-refractivity contribution in [1.29, 1.82) is 0 Å². The molecule has 8 heavy (non-hydrogen) atoms. The third kappa shape index (κ3) is 1.16. The van der Waals surface area contributed by atoms with Gasteiger partial charge in [0.2, 0.25) is 0 Å². The highest BCUT2D eigenvalue weighted by molar-refractivity contribution is 8.77. The molecule has 2 heteroatoms. The van der Waals surface area contributed by atoms with Crippen molar-refractivity contribution in [1.82, 2.24) is 0 Å². The Morgan fingerprint density at radius 1 is 1.75 bits per heavy atom. The molecule has 1 heterocycles. The Morgan fingerprint density at radius 2 is 2.38 bits per heavy atom. The Balaban J connectivity index is 2.54. The molecule has 0 aromatic rings. The van der Waals surface area contributed by atoms with E-state index in [9.17, 15) is 0 Å². The molecule has 0 amide bonds. The third-order valence-electron chi connectivity index (χ3n) is 1.61. The zero-order chi connectivity index (χ0) is 6.20. The van der Waals surface area contributed by atoms with Crippen LogP contribution in [0.2, 0.25) is 0 Å². The Kier molecular flexibility index (Phi) is 1.83. The second-order valence-electron chi connectivity index (χ2n) is 2.58. The van der Waals surface area contributed by atoms with Gasteiger partial charge < -0.3 is 0 Å². The van der Waals surface area contributed by atoms with Crippen LogP contribution < -0.4 is 0 Å². The van der Waals surface area contributed by atoms with Crippen LogP contribution in [0.4, 0.5) is 0 Å². The highest BCUT2D eigenvalue weighted by atomic mass is 33.1. The molecule has 1 aliphatic rings. The summed E-state index contributed by atoms with van der Waals surface area (Å²) in [5.41, 5.74) is 0. The van der Waals surface area contributed by atoms with E-state index in [4.69, 9.17) is 0 Å². The van der Waals surface area contributed by atoms with Crippen molar-refractivity contribution in [2.75, 3.05) is 5.75 Å². The fourth-order valence-electron chi connectivity index (χ4n) is 0.529. The van der Waals surface area contributed by atoms with Crippen LogP contribution >= 0.6 is 21.6 Å². The van der Waals surface area contributed by atoms with Gasteiger partial charge in [-0.25, -0.2) is 0 Å². The first-order valence-electron chi connectivity index (χ1n) is 2.79. The fourth-order valence-corrected chi connectivity index (χ4v) is 3.91. The summed E-state index contributed by atoms with van der Waals surface area (Å²) in [6.45, 7) is 8.57. The zero-order valence-corrected chi connectivity index (χ0v) is 6.94. The van der Waals surface area contributed by atoms with E-state index in [1.165, 1.54) is 5.75 Å². The van der Waals surface area contributed by atoms with E-state index in [-0.39, 0.29) is 4.75 Å². The molecule has 2 unspecified atom stereocenters. The number of hydrogen-bond donors (Lipinski definition) is 0. The highest BCUT2D eigenvalue weighted by Crippen LogP contribution is 2.49. The molecule has 2 atom stereocenters. The maximum absolute atomic E-state index is 4.09. The summed E-state index contributed by atoms with van der Waals surface area (Å²) >= 11 is 0. The van der Waals surface area contributed by atoms with Crippen molar-refractivity contribution < 1.29 is 0 Å². The van der Waals surface area contributed by atoms with Gasteiger partial charge in [-0.15, -0.1) is 0 Å². The average Bonchev–Trinajstić information content (AvgIpc) is 1.86. The van der Waals surface area contributed by atoms with Crippen molar-refractivity contribution in [3.63, 3.8) is 0 Å². The maximum atomic E-state index is 4.09. The largest absolute Gasteiger partial charge is 0.0933 e. The normalized spacial score (nSPS) is 35.6. The van der Waals surface area contributed by atoms with Crippen LogP contribution in [0, 0.1) is 12.8 Å². The predicted octanol–water partition coefficient (Wildman–Crippen LogP) is 2.61. The highest BCUT2D eigenvalue weighted by Gasteiger charge is 2.32. The van der Waals surface area contributed by atoms with Gasteiger partial charge in [-0.2, -0.15) is 0 Å². The summed E-state index contributed by atoms with van der Waals surface area (Å²) in [5, 5.41) is 0. The van der Waals surface area contributed by atoms with Crippen LogP contribution in [-0.2, 0) is 0 Å². The van der Waals surface area contributed by atoms with E-state index in [1.807, 2.05) is 21.6 Å². The lowest BCUT2D eigenvalue weighted by atomic mass is 9.99. The second kappa shape index (κ2) is 2.14. The molecule has 1 saturated heterocycles. The minimum Gasteiger partial charge on any atom is -0.0933 e. The Bertz CT molecular complexity index is 88.5. The van der Waals surface area contributed by atoms with Gasteiger partial charge in [-0.3, -0.25) is 0 Å². The van der Waals surface area contributed by atoms with E-state index in [2.05, 4.69) is 20.8 Å². The van der Waals surface area contributed by atoms with Crippen LogP contribution in [-0.4, -0.2) is 10.5 Å². The zero-order valence-electron chi connectivity index (χ0n) is 5.31. The fraction of sp³-hybridized carbons (Fsp3) is 0.833. The molecule has 1 aliphatic heterocycles. The smallest absolute Gasteiger partial charge is 0.0269 e. The topological polar surface area (TPSA) is 0 Å². The van der Waals surface area contributed by atoms with Crippen molar-refractivity contribution >= 4 is 21.6 Å². The Hall–Kier alpha value is 0.700. The predicted molar refractivity (Wildman–Crippen MR) is 43.0 cm³/mol. The summed E-state index contributed by atoms with van der Waals surface area (Å²) in [4.78, 5) is 0. The van der Waals surface area contributed by atoms with Crippen LogP contribution in [0.3, 0.4) is 0 Å². The lowest BCUT2D eigenvalue weighted by Crippen LogP contribution is -2.20. The molecule has 1 rings (SSSR count). The third-order valence-corrected chi connectivity index (χ3v) is 5.05. The summed E-state index contributed by atoms with van der Waals surface area (Å²) < 4.78 is 0.282. The molecule has 1 fully saturated rings. The van der Waals surface area contributed by atoms with Gasteiger partial charge in [0.1, 0.15) is 0 Å². The molecule has 0 saturated carbocycles. The SMILES string of the molecule is [CH2]C1(C)SSCC1C. The molecule has 0 nitrogen and oxygen atoms in total. The molecule has 0 bridgehead atoms. The first-order valence-corrected chi connectivity index (χ1v) is 5.11. The molecular weight excluding hydrogens is 136 g/mol. The van der Waals surface area contributed by atoms with Gasteiger partial charge in [0.05, 0.1) is 0 Å². The Labute approximate surface area is 59.2 Å². The average molecular weight is 147 g/mol. The molecule has 1 radical (unpaired) electrons. The van der Waals surface area contributed by atoms with Gasteiger partial charge in [-0.05, 0) is 19.8 Å². The summed E-state index contributed by atoms with van der Waals surface area (Å²) in [6, 6.07) is 0. The van der Waals surface area contributed by atoms with E-state index in [0.29, 0.717) is 0 Å². The van der Waals surface area contributed by atoms with E-state index >= 15 is 0 Å². The van der Waals surface area contributed by atoms with Crippen molar-refractivity contribution in [3.05, 3.63) is 6.92 Å². The van der Waals surface area contributed by atoms with Crippen LogP contribution in [0.5, 0.6) is 0 Å². The van der Waals surface area contributed by atoms with E-state index in [0.717, 1.165) is 5.92 Å². The minimum atomic E-state index is 0.282. The van der Waals surface area contributed by atoms with Gasteiger partial charge in [0.25, 0.3) is 0 Å². The first kappa shape index (κ1) is 6.81. The van der Waals surface area contributed by atoms with Crippen molar-refractivity contribution in [2.45, 2.75) is 18.6 Å². The van der Waals surface area contributed by atoms with Gasteiger partial charge in [0, 0.05) is 10.5 Å². The summed E-state index contributed by atoms with van der Waals surface area (Å²) in [5.74, 6) is 2.04. The quantitative estimate of drug-likeness (QED) is 0.483. The lowest BCUT2D eigenvalue weighted by Gasteiger charge is -2.19. The molecule has 47 valence electrons. The van der Waals surface area contributed by atoms with E-state index < -0.39 is 0 Å². The van der Waals surface area contributed by atoms with Gasteiger partial charge >= 0.3 is 0 Å².